The number of amides is 1. The van der Waals surface area contributed by atoms with E-state index in [4.69, 9.17) is 11.0 Å². The van der Waals surface area contributed by atoms with E-state index < -0.39 is 6.04 Å². The molecule has 0 bridgehead atoms. The molecule has 1 atom stereocenters. The summed E-state index contributed by atoms with van der Waals surface area (Å²) in [6, 6.07) is 12.1. The molecular weight excluding hydrogens is 308 g/mol. The Labute approximate surface area is 139 Å². The number of nitrogens with zero attached hydrogens (tertiary/aromatic N) is 2. The highest BCUT2D eigenvalue weighted by Crippen LogP contribution is 2.21. The predicted octanol–water partition coefficient (Wildman–Crippen LogP) is 3.09. The molecule has 6 heteroatoms. The number of nitriles is 1. The number of nitrogens with one attached hydrogen (secondary N) is 1. The van der Waals surface area contributed by atoms with Crippen molar-refractivity contribution in [1.29, 1.82) is 5.26 Å². The molecule has 3 N–H and O–H groups in total. The summed E-state index contributed by atoms with van der Waals surface area (Å²) < 4.78 is 0. The second kappa shape index (κ2) is 8.32. The Balaban J connectivity index is 1.99. The maximum atomic E-state index is 12.2. The first-order valence-corrected chi connectivity index (χ1v) is 8.28. The Kier molecular flexibility index (Phi) is 6.15. The number of hydrogen-bond acceptors (Lipinski definition) is 5. The van der Waals surface area contributed by atoms with Gasteiger partial charge in [-0.15, -0.1) is 11.8 Å². The maximum Gasteiger partial charge on any atom is 0.247 e. The molecule has 0 aliphatic heterocycles. The van der Waals surface area contributed by atoms with Crippen LogP contribution in [0.2, 0.25) is 0 Å². The number of hydrogen-bond donors (Lipinski definition) is 2. The second-order valence-corrected chi connectivity index (χ2v) is 6.10. The largest absolute Gasteiger partial charge is 0.316 e. The van der Waals surface area contributed by atoms with Gasteiger partial charge in [-0.05, 0) is 42.0 Å². The van der Waals surface area contributed by atoms with E-state index >= 15 is 0 Å². The topological polar surface area (TPSA) is 91.8 Å². The van der Waals surface area contributed by atoms with Gasteiger partial charge < -0.3 is 11.1 Å². The lowest BCUT2D eigenvalue weighted by molar-refractivity contribution is -0.117. The van der Waals surface area contributed by atoms with E-state index in [2.05, 4.69) is 17.2 Å². The van der Waals surface area contributed by atoms with E-state index in [0.29, 0.717) is 11.4 Å². The fraction of sp³-hybridized carbons (Fsp3) is 0.235. The molecule has 23 heavy (non-hydrogen) atoms. The summed E-state index contributed by atoms with van der Waals surface area (Å²) in [4.78, 5) is 17.3. The van der Waals surface area contributed by atoms with E-state index in [1.807, 2.05) is 30.3 Å². The van der Waals surface area contributed by atoms with Crippen molar-refractivity contribution >= 4 is 23.5 Å². The summed E-state index contributed by atoms with van der Waals surface area (Å²) in [5.74, 6) is 1.10. The lowest BCUT2D eigenvalue weighted by atomic mass is 10.1. The van der Waals surface area contributed by atoms with Gasteiger partial charge in [0.05, 0.1) is 5.56 Å². The summed E-state index contributed by atoms with van der Waals surface area (Å²) >= 11 is 1.78. The first kappa shape index (κ1) is 17.0. The van der Waals surface area contributed by atoms with E-state index in [-0.39, 0.29) is 5.91 Å². The Morgan fingerprint density at radius 1 is 1.35 bits per heavy atom. The maximum absolute atomic E-state index is 12.2. The summed E-state index contributed by atoms with van der Waals surface area (Å²) in [6.07, 6.45) is 2.52. The minimum absolute atomic E-state index is 0.337. The van der Waals surface area contributed by atoms with Crippen molar-refractivity contribution in [2.45, 2.75) is 24.3 Å². The number of pyridine rings is 1. The predicted molar refractivity (Wildman–Crippen MR) is 92.0 cm³/mol. The molecule has 1 unspecified atom stereocenters. The highest BCUT2D eigenvalue weighted by Gasteiger charge is 2.16. The third kappa shape index (κ3) is 4.81. The van der Waals surface area contributed by atoms with E-state index in [1.165, 1.54) is 6.20 Å². The van der Waals surface area contributed by atoms with Gasteiger partial charge in [-0.1, -0.05) is 19.1 Å². The zero-order valence-electron chi connectivity index (χ0n) is 12.8. The molecule has 0 spiro atoms. The molecule has 0 radical (unpaired) electrons. The van der Waals surface area contributed by atoms with Crippen molar-refractivity contribution in [3.05, 3.63) is 53.7 Å². The number of thioether (sulfide) groups is 1. The highest BCUT2D eigenvalue weighted by atomic mass is 32.2. The number of aromatic nitrogens is 1. The van der Waals surface area contributed by atoms with Gasteiger partial charge in [0.15, 0.2) is 0 Å². The van der Waals surface area contributed by atoms with E-state index in [9.17, 15) is 4.79 Å². The van der Waals surface area contributed by atoms with Crippen LogP contribution in [0.4, 0.5) is 5.82 Å². The van der Waals surface area contributed by atoms with Gasteiger partial charge in [-0.3, -0.25) is 4.79 Å². The van der Waals surface area contributed by atoms with Crippen molar-refractivity contribution in [1.82, 2.24) is 4.98 Å². The molecule has 1 aromatic carbocycles. The molecule has 1 amide bonds. The molecule has 0 saturated heterocycles. The van der Waals surface area contributed by atoms with Gasteiger partial charge in [0.2, 0.25) is 5.91 Å². The minimum atomic E-state index is -0.766. The van der Waals surface area contributed by atoms with Gasteiger partial charge in [-0.2, -0.15) is 5.26 Å². The van der Waals surface area contributed by atoms with E-state index in [0.717, 1.165) is 22.6 Å². The molecular formula is C17H18N4OS. The first-order valence-electron chi connectivity index (χ1n) is 7.29. The standard InChI is InChI=1S/C17H18N4OS/c1-2-9-23-14-6-4-13(5-7-14)16(19)17(22)21-15-8-3-12(10-18)11-20-15/h3-8,11,16H,2,9,19H2,1H3,(H,20,21,22). The number of nitrogens with two attached hydrogens (primary N) is 1. The van der Waals surface area contributed by atoms with Gasteiger partial charge in [-0.25, -0.2) is 4.98 Å². The van der Waals surface area contributed by atoms with Crippen LogP contribution in [0.1, 0.15) is 30.5 Å². The van der Waals surface area contributed by atoms with Crippen LogP contribution in [0, 0.1) is 11.3 Å². The molecule has 0 aliphatic carbocycles. The number of anilines is 1. The average Bonchev–Trinajstić information content (AvgIpc) is 2.60. The lowest BCUT2D eigenvalue weighted by Gasteiger charge is -2.12. The second-order valence-electron chi connectivity index (χ2n) is 4.93. The molecule has 2 rings (SSSR count). The van der Waals surface area contributed by atoms with Gasteiger partial charge >= 0.3 is 0 Å². The monoisotopic (exact) mass is 326 g/mol. The van der Waals surface area contributed by atoms with Gasteiger partial charge in [0, 0.05) is 11.1 Å². The first-order chi connectivity index (χ1) is 11.1. The normalized spacial score (nSPS) is 11.5. The van der Waals surface area contributed by atoms with Crippen LogP contribution >= 0.6 is 11.8 Å². The minimum Gasteiger partial charge on any atom is -0.316 e. The van der Waals surface area contributed by atoms with Gasteiger partial charge in [0.25, 0.3) is 0 Å². The van der Waals surface area contributed by atoms with Crippen molar-refractivity contribution in [3.8, 4) is 6.07 Å². The quantitative estimate of drug-likeness (QED) is 0.796. The lowest BCUT2D eigenvalue weighted by Crippen LogP contribution is -2.28. The summed E-state index contributed by atoms with van der Waals surface area (Å²) in [5, 5.41) is 11.4. The Morgan fingerprint density at radius 2 is 2.09 bits per heavy atom. The third-order valence-electron chi connectivity index (χ3n) is 3.14. The van der Waals surface area contributed by atoms with Crippen LogP contribution in [0.15, 0.2) is 47.5 Å². The Bertz CT molecular complexity index is 692. The van der Waals surface area contributed by atoms with Crippen LogP contribution in [-0.4, -0.2) is 16.6 Å². The van der Waals surface area contributed by atoms with Gasteiger partial charge in [0.1, 0.15) is 17.9 Å². The van der Waals surface area contributed by atoms with E-state index in [1.54, 1.807) is 23.9 Å². The molecule has 0 saturated carbocycles. The SMILES string of the molecule is CCCSc1ccc(C(N)C(=O)Nc2ccc(C#N)cn2)cc1. The van der Waals surface area contributed by atoms with Crippen molar-refractivity contribution in [2.75, 3.05) is 11.1 Å². The van der Waals surface area contributed by atoms with Crippen molar-refractivity contribution in [3.63, 3.8) is 0 Å². The number of benzene rings is 1. The highest BCUT2D eigenvalue weighted by molar-refractivity contribution is 7.99. The van der Waals surface area contributed by atoms with Crippen LogP contribution in [-0.2, 0) is 4.79 Å². The molecule has 0 fully saturated rings. The number of carbonyl (C=O) groups is 1. The van der Waals surface area contributed by atoms with Crippen molar-refractivity contribution < 1.29 is 4.79 Å². The summed E-state index contributed by atoms with van der Waals surface area (Å²) in [7, 11) is 0. The fourth-order valence-electron chi connectivity index (χ4n) is 1.88. The summed E-state index contributed by atoms with van der Waals surface area (Å²) in [6.45, 7) is 2.14. The zero-order chi connectivity index (χ0) is 16.7. The average molecular weight is 326 g/mol. The molecule has 5 nitrogen and oxygen atoms in total. The van der Waals surface area contributed by atoms with Crippen LogP contribution in [0.3, 0.4) is 0 Å². The number of carbonyl (C=O) groups excluding carboxylic acids is 1. The van der Waals surface area contributed by atoms with Crippen LogP contribution in [0.5, 0.6) is 0 Å². The van der Waals surface area contributed by atoms with Crippen molar-refractivity contribution in [2.24, 2.45) is 5.73 Å². The number of rotatable bonds is 6. The smallest absolute Gasteiger partial charge is 0.247 e. The molecule has 2 aromatic rings. The fourth-order valence-corrected chi connectivity index (χ4v) is 2.65. The van der Waals surface area contributed by atoms with Crippen LogP contribution < -0.4 is 11.1 Å². The Morgan fingerprint density at radius 3 is 2.65 bits per heavy atom. The molecule has 118 valence electrons. The third-order valence-corrected chi connectivity index (χ3v) is 4.36. The van der Waals surface area contributed by atoms with Crippen LogP contribution in [0.25, 0.3) is 0 Å². The molecule has 1 aromatic heterocycles. The Hall–Kier alpha value is -2.36. The molecule has 0 aliphatic rings. The molecule has 1 heterocycles. The zero-order valence-corrected chi connectivity index (χ0v) is 13.6. The summed E-state index contributed by atoms with van der Waals surface area (Å²) in [5.41, 5.74) is 7.18.